The Morgan fingerprint density at radius 3 is 2.63 bits per heavy atom. The van der Waals surface area contributed by atoms with Crippen LogP contribution in [-0.4, -0.2) is 17.4 Å². The van der Waals surface area contributed by atoms with Crippen molar-refractivity contribution in [1.82, 2.24) is 0 Å². The van der Waals surface area contributed by atoms with E-state index in [0.717, 1.165) is 29.7 Å². The molecule has 0 N–H and O–H groups in total. The Bertz CT molecular complexity index is 805. The summed E-state index contributed by atoms with van der Waals surface area (Å²) in [5.41, 5.74) is 1.64. The van der Waals surface area contributed by atoms with Gasteiger partial charge < -0.3 is 9.47 Å². The summed E-state index contributed by atoms with van der Waals surface area (Å²) in [7, 11) is 0. The minimum absolute atomic E-state index is 0.0427. The quantitative estimate of drug-likeness (QED) is 0.291. The van der Waals surface area contributed by atoms with Crippen LogP contribution in [0, 0.1) is 5.92 Å². The van der Waals surface area contributed by atoms with Crippen LogP contribution >= 0.6 is 0 Å². The predicted molar refractivity (Wildman–Crippen MR) is 119 cm³/mol. The molecule has 1 aromatic carbocycles. The van der Waals surface area contributed by atoms with E-state index in [1.165, 1.54) is 32.6 Å². The zero-order chi connectivity index (χ0) is 22.1. The van der Waals surface area contributed by atoms with Crippen molar-refractivity contribution in [1.29, 1.82) is 0 Å². The Kier molecular flexibility index (Phi) is 6.64. The number of hydrogen-bond donors (Lipinski definition) is 0. The van der Waals surface area contributed by atoms with E-state index in [4.69, 9.17) is 9.47 Å². The molecule has 1 aliphatic carbocycles. The number of hydrogen-bond acceptors (Lipinski definition) is 4. The highest BCUT2D eigenvalue weighted by molar-refractivity contribution is 5.81. The first-order valence-electron chi connectivity index (χ1n) is 11.6. The van der Waals surface area contributed by atoms with Crippen LogP contribution in [0.25, 0.3) is 0 Å². The van der Waals surface area contributed by atoms with Gasteiger partial charge in [-0.05, 0) is 49.8 Å². The lowest BCUT2D eigenvalue weighted by molar-refractivity contribution is -0.132. The van der Waals surface area contributed by atoms with Crippen molar-refractivity contribution in [2.75, 3.05) is 0 Å². The van der Waals surface area contributed by atoms with Gasteiger partial charge in [0.25, 0.3) is 0 Å². The molecule has 1 saturated carbocycles. The van der Waals surface area contributed by atoms with E-state index in [9.17, 15) is 9.59 Å². The fourth-order valence-corrected chi connectivity index (χ4v) is 5.32. The molecule has 0 bridgehead atoms. The monoisotopic (exact) mass is 414 g/mol. The lowest BCUT2D eigenvalue weighted by Gasteiger charge is -2.47. The van der Waals surface area contributed by atoms with Crippen LogP contribution in [0.4, 0.5) is 0 Å². The fraction of sp³-hybridized carbons (Fsp3) is 0.692. The summed E-state index contributed by atoms with van der Waals surface area (Å²) in [6, 6.07) is 4.16. The van der Waals surface area contributed by atoms with Gasteiger partial charge in [0.15, 0.2) is 0 Å². The van der Waals surface area contributed by atoms with Crippen LogP contribution in [-0.2, 0) is 15.0 Å². The Morgan fingerprint density at radius 2 is 1.97 bits per heavy atom. The average molecular weight is 415 g/mol. The average Bonchev–Trinajstić information content (AvgIpc) is 2.63. The number of Topliss-reactive ketones (excluding diaryl/α,β-unsaturated/α-hetero) is 1. The van der Waals surface area contributed by atoms with Crippen LogP contribution in [0.15, 0.2) is 12.1 Å². The van der Waals surface area contributed by atoms with E-state index in [1.54, 1.807) is 0 Å². The van der Waals surface area contributed by atoms with Crippen LogP contribution < -0.4 is 9.47 Å². The Labute approximate surface area is 181 Å². The molecule has 166 valence electrons. The van der Waals surface area contributed by atoms with Gasteiger partial charge in [-0.2, -0.15) is 0 Å². The fourth-order valence-electron chi connectivity index (χ4n) is 5.32. The van der Waals surface area contributed by atoms with E-state index in [1.807, 2.05) is 6.07 Å². The lowest BCUT2D eigenvalue weighted by atomic mass is 9.66. The lowest BCUT2D eigenvalue weighted by Crippen LogP contribution is -2.47. The molecule has 1 aromatic rings. The molecule has 30 heavy (non-hydrogen) atoms. The molecule has 2 aliphatic rings. The van der Waals surface area contributed by atoms with E-state index in [2.05, 4.69) is 40.7 Å². The second-order valence-corrected chi connectivity index (χ2v) is 10.4. The van der Waals surface area contributed by atoms with E-state index in [-0.39, 0.29) is 34.6 Å². The van der Waals surface area contributed by atoms with Crippen LogP contribution in [0.5, 0.6) is 11.5 Å². The standard InChI is InChI=1S/C26H38O4/c1-7-8-9-10-13-25(3,4)18-14-22(29-17(2)27)24-20-16-19(28)11-12-21(20)26(5,6)30-23(24)15-18/h14-15,20-21H,7-13,16H2,1-6H3/t20-,21?/m1/s1. The minimum atomic E-state index is -0.351. The highest BCUT2D eigenvalue weighted by atomic mass is 16.5. The number of carbonyl (C=O) groups is 2. The molecule has 0 radical (unpaired) electrons. The number of rotatable bonds is 7. The first-order chi connectivity index (χ1) is 14.0. The van der Waals surface area contributed by atoms with Crippen molar-refractivity contribution in [3.8, 4) is 11.5 Å². The molecule has 4 nitrogen and oxygen atoms in total. The summed E-state index contributed by atoms with van der Waals surface area (Å²) in [5.74, 6) is 1.60. The first kappa shape index (κ1) is 22.8. The third-order valence-electron chi connectivity index (χ3n) is 7.10. The zero-order valence-electron chi connectivity index (χ0n) is 19.6. The Hall–Kier alpha value is -1.84. The van der Waals surface area contributed by atoms with Gasteiger partial charge in [-0.15, -0.1) is 0 Å². The van der Waals surface area contributed by atoms with Crippen molar-refractivity contribution in [2.24, 2.45) is 5.92 Å². The maximum Gasteiger partial charge on any atom is 0.308 e. The second-order valence-electron chi connectivity index (χ2n) is 10.4. The third-order valence-corrected chi connectivity index (χ3v) is 7.10. The van der Waals surface area contributed by atoms with Crippen molar-refractivity contribution < 1.29 is 19.1 Å². The number of ether oxygens (including phenoxy) is 2. The molecular weight excluding hydrogens is 376 g/mol. The SMILES string of the molecule is CCCCCCC(C)(C)c1cc(OC(C)=O)c2c(c1)OC(C)(C)C1CCC(=O)C[C@@H]21. The van der Waals surface area contributed by atoms with Crippen molar-refractivity contribution >= 4 is 11.8 Å². The summed E-state index contributed by atoms with van der Waals surface area (Å²) < 4.78 is 12.2. The highest BCUT2D eigenvalue weighted by Gasteiger charge is 2.48. The number of ketones is 1. The molecule has 3 rings (SSSR count). The van der Waals surface area contributed by atoms with Crippen molar-refractivity contribution in [2.45, 2.75) is 110 Å². The summed E-state index contributed by atoms with van der Waals surface area (Å²) >= 11 is 0. The first-order valence-corrected chi connectivity index (χ1v) is 11.6. The van der Waals surface area contributed by atoms with Gasteiger partial charge in [-0.3, -0.25) is 9.59 Å². The summed E-state index contributed by atoms with van der Waals surface area (Å²) in [6.07, 6.45) is 7.88. The zero-order valence-corrected chi connectivity index (χ0v) is 19.6. The Morgan fingerprint density at radius 1 is 1.23 bits per heavy atom. The molecule has 0 aromatic heterocycles. The topological polar surface area (TPSA) is 52.6 Å². The minimum Gasteiger partial charge on any atom is -0.487 e. The maximum atomic E-state index is 12.3. The van der Waals surface area contributed by atoms with Crippen LogP contribution in [0.1, 0.15) is 110 Å². The van der Waals surface area contributed by atoms with Gasteiger partial charge in [0.1, 0.15) is 22.9 Å². The van der Waals surface area contributed by atoms with Gasteiger partial charge in [-0.25, -0.2) is 0 Å². The molecule has 1 heterocycles. The second kappa shape index (κ2) is 8.72. The van der Waals surface area contributed by atoms with Crippen LogP contribution in [0.3, 0.4) is 0 Å². The molecular formula is C26H38O4. The van der Waals surface area contributed by atoms with E-state index in [0.29, 0.717) is 18.6 Å². The molecule has 0 spiro atoms. The van der Waals surface area contributed by atoms with Crippen LogP contribution in [0.2, 0.25) is 0 Å². The van der Waals surface area contributed by atoms with Gasteiger partial charge in [0.05, 0.1) is 0 Å². The molecule has 1 aliphatic heterocycles. The number of esters is 1. The van der Waals surface area contributed by atoms with E-state index < -0.39 is 0 Å². The molecule has 4 heteroatoms. The summed E-state index contributed by atoms with van der Waals surface area (Å²) in [5, 5.41) is 0. The molecule has 0 saturated heterocycles. The Balaban J connectivity index is 2.04. The number of unbranched alkanes of at least 4 members (excludes halogenated alkanes) is 3. The van der Waals surface area contributed by atoms with Gasteiger partial charge in [-0.1, -0.05) is 46.5 Å². The summed E-state index contributed by atoms with van der Waals surface area (Å²) in [6.45, 7) is 12.4. The largest absolute Gasteiger partial charge is 0.487 e. The number of fused-ring (bicyclic) bond motifs is 3. The van der Waals surface area contributed by atoms with Crippen molar-refractivity contribution in [3.05, 3.63) is 23.3 Å². The third kappa shape index (κ3) is 4.73. The summed E-state index contributed by atoms with van der Waals surface area (Å²) in [4.78, 5) is 24.2. The highest BCUT2D eigenvalue weighted by Crippen LogP contribution is 2.54. The molecule has 1 unspecified atom stereocenters. The maximum absolute atomic E-state index is 12.3. The smallest absolute Gasteiger partial charge is 0.308 e. The number of benzene rings is 1. The van der Waals surface area contributed by atoms with Crippen molar-refractivity contribution in [3.63, 3.8) is 0 Å². The molecule has 2 atom stereocenters. The molecule has 1 fully saturated rings. The van der Waals surface area contributed by atoms with E-state index >= 15 is 0 Å². The normalized spacial score (nSPS) is 22.7. The van der Waals surface area contributed by atoms with Gasteiger partial charge in [0.2, 0.25) is 0 Å². The number of carbonyl (C=O) groups excluding carboxylic acids is 2. The van der Waals surface area contributed by atoms with Gasteiger partial charge in [0, 0.05) is 37.2 Å². The van der Waals surface area contributed by atoms with Gasteiger partial charge >= 0.3 is 5.97 Å². The predicted octanol–water partition coefficient (Wildman–Crippen LogP) is 6.48. The molecule has 0 amide bonds.